The monoisotopic (exact) mass is 797 g/mol. The molecule has 0 N–H and O–H groups in total. The molecule has 0 spiro atoms. The van der Waals surface area contributed by atoms with Crippen molar-refractivity contribution in [3.8, 4) is 51.3 Å². The van der Waals surface area contributed by atoms with Gasteiger partial charge in [-0.25, -0.2) is 19.9 Å². The Hall–Kier alpha value is -8.00. The van der Waals surface area contributed by atoms with Crippen LogP contribution in [0.25, 0.3) is 126 Å². The molecule has 0 saturated heterocycles. The van der Waals surface area contributed by atoms with Gasteiger partial charge in [-0.3, -0.25) is 0 Å². The number of hydrogen-bond acceptors (Lipinski definition) is 6. The Balaban J connectivity index is 1.05. The highest BCUT2D eigenvalue weighted by Crippen LogP contribution is 2.44. The van der Waals surface area contributed by atoms with E-state index >= 15 is 0 Å². The molecule has 9 aromatic carbocycles. The standard InChI is InChI=1S/C54H31N5OS/c1-3-13-34(14-4-1)54-55-43-27-29-47-49(50(43)60-54)48-42-30-35(23-22-33(42)25-28-46(48)61-47)51-56-52(58-53(57-51)41-20-11-15-32-12-7-8-18-38(32)41)36-24-26-40-39-19-9-10-21-44(39)59(45(40)31-36)37-16-5-2-6-17-37/h1-31H. The number of para-hydroxylation sites is 2. The smallest absolute Gasteiger partial charge is 0.227 e. The quantitative estimate of drug-likeness (QED) is 0.173. The van der Waals surface area contributed by atoms with E-state index in [0.717, 1.165) is 87.1 Å². The number of fused-ring (bicyclic) bond motifs is 11. The second-order valence-electron chi connectivity index (χ2n) is 15.4. The van der Waals surface area contributed by atoms with Gasteiger partial charge in [0.15, 0.2) is 23.1 Å². The molecule has 4 heterocycles. The minimum Gasteiger partial charge on any atom is -0.435 e. The van der Waals surface area contributed by atoms with Crippen molar-refractivity contribution in [3.63, 3.8) is 0 Å². The Bertz CT molecular complexity index is 3880. The van der Waals surface area contributed by atoms with E-state index in [0.29, 0.717) is 23.4 Å². The molecule has 0 radical (unpaired) electrons. The van der Waals surface area contributed by atoms with Crippen molar-refractivity contribution in [3.05, 3.63) is 188 Å². The molecule has 61 heavy (non-hydrogen) atoms. The van der Waals surface area contributed by atoms with Crippen molar-refractivity contribution in [2.45, 2.75) is 0 Å². The van der Waals surface area contributed by atoms with E-state index in [-0.39, 0.29) is 0 Å². The Morgan fingerprint density at radius 2 is 1.05 bits per heavy atom. The molecule has 7 heteroatoms. The topological polar surface area (TPSA) is 69.6 Å². The molecule has 0 aliphatic carbocycles. The number of nitrogens with zero attached hydrogens (tertiary/aromatic N) is 5. The fourth-order valence-corrected chi connectivity index (χ4v) is 10.2. The van der Waals surface area contributed by atoms with E-state index in [4.69, 9.17) is 24.4 Å². The minimum absolute atomic E-state index is 0.603. The molecule has 0 atom stereocenters. The van der Waals surface area contributed by atoms with Gasteiger partial charge in [-0.15, -0.1) is 11.3 Å². The molecule has 13 rings (SSSR count). The summed E-state index contributed by atoms with van der Waals surface area (Å²) < 4.78 is 11.3. The van der Waals surface area contributed by atoms with E-state index in [9.17, 15) is 0 Å². The molecule has 6 nitrogen and oxygen atoms in total. The molecule has 284 valence electrons. The van der Waals surface area contributed by atoms with Crippen LogP contribution in [0.3, 0.4) is 0 Å². The van der Waals surface area contributed by atoms with Crippen LogP contribution in [-0.2, 0) is 0 Å². The first-order chi connectivity index (χ1) is 30.2. The molecular weight excluding hydrogens is 767 g/mol. The summed E-state index contributed by atoms with van der Waals surface area (Å²) in [5, 5.41) is 9.03. The van der Waals surface area contributed by atoms with Gasteiger partial charge in [0.1, 0.15) is 5.52 Å². The lowest BCUT2D eigenvalue weighted by Gasteiger charge is -2.12. The van der Waals surface area contributed by atoms with Crippen molar-refractivity contribution in [1.82, 2.24) is 24.5 Å². The first kappa shape index (κ1) is 33.9. The molecule has 13 aromatic rings. The summed E-state index contributed by atoms with van der Waals surface area (Å²) in [6.45, 7) is 0. The van der Waals surface area contributed by atoms with Gasteiger partial charge in [0.05, 0.1) is 11.0 Å². The predicted octanol–water partition coefficient (Wildman–Crippen LogP) is 14.5. The third-order valence-electron chi connectivity index (χ3n) is 11.9. The summed E-state index contributed by atoms with van der Waals surface area (Å²) in [7, 11) is 0. The summed E-state index contributed by atoms with van der Waals surface area (Å²) in [6.07, 6.45) is 0. The Morgan fingerprint density at radius 1 is 0.410 bits per heavy atom. The first-order valence-corrected chi connectivity index (χ1v) is 21.1. The fourth-order valence-electron chi connectivity index (χ4n) is 9.04. The van der Waals surface area contributed by atoms with E-state index in [1.165, 1.54) is 15.5 Å². The summed E-state index contributed by atoms with van der Waals surface area (Å²) in [4.78, 5) is 20.8. The second kappa shape index (κ2) is 13.3. The zero-order valence-electron chi connectivity index (χ0n) is 32.5. The molecule has 4 aromatic heterocycles. The Labute approximate surface area is 352 Å². The van der Waals surface area contributed by atoms with E-state index < -0.39 is 0 Å². The van der Waals surface area contributed by atoms with E-state index in [2.05, 4.69) is 162 Å². The molecule has 0 amide bonds. The molecule has 0 unspecified atom stereocenters. The predicted molar refractivity (Wildman–Crippen MR) is 251 cm³/mol. The Kier molecular flexibility index (Phi) is 7.37. The number of benzene rings is 9. The van der Waals surface area contributed by atoms with Crippen molar-refractivity contribution < 1.29 is 4.42 Å². The molecular formula is C54H31N5OS. The highest BCUT2D eigenvalue weighted by atomic mass is 32.1. The lowest BCUT2D eigenvalue weighted by molar-refractivity contribution is 0.623. The van der Waals surface area contributed by atoms with E-state index in [1.54, 1.807) is 11.3 Å². The van der Waals surface area contributed by atoms with Gasteiger partial charge in [0.2, 0.25) is 5.89 Å². The zero-order valence-corrected chi connectivity index (χ0v) is 33.3. The molecule has 0 aliphatic heterocycles. The molecule has 0 bridgehead atoms. The van der Waals surface area contributed by atoms with Crippen LogP contribution >= 0.6 is 11.3 Å². The van der Waals surface area contributed by atoms with Gasteiger partial charge < -0.3 is 8.98 Å². The van der Waals surface area contributed by atoms with Crippen LogP contribution in [0.1, 0.15) is 0 Å². The van der Waals surface area contributed by atoms with Crippen LogP contribution in [0.5, 0.6) is 0 Å². The maximum Gasteiger partial charge on any atom is 0.227 e. The van der Waals surface area contributed by atoms with Gasteiger partial charge in [-0.1, -0.05) is 127 Å². The molecule has 0 aliphatic rings. The van der Waals surface area contributed by atoms with Gasteiger partial charge >= 0.3 is 0 Å². The fraction of sp³-hybridized carbons (Fsp3) is 0. The largest absolute Gasteiger partial charge is 0.435 e. The minimum atomic E-state index is 0.603. The van der Waals surface area contributed by atoms with Gasteiger partial charge in [0, 0.05) is 58.9 Å². The van der Waals surface area contributed by atoms with Gasteiger partial charge in [-0.2, -0.15) is 0 Å². The number of rotatable bonds is 5. The summed E-state index contributed by atoms with van der Waals surface area (Å²) in [5.41, 5.74) is 8.68. The Morgan fingerprint density at radius 3 is 1.92 bits per heavy atom. The third kappa shape index (κ3) is 5.34. The van der Waals surface area contributed by atoms with Gasteiger partial charge in [0.25, 0.3) is 0 Å². The third-order valence-corrected chi connectivity index (χ3v) is 13.0. The highest BCUT2D eigenvalue weighted by molar-refractivity contribution is 7.26. The van der Waals surface area contributed by atoms with Crippen molar-refractivity contribution in [1.29, 1.82) is 0 Å². The van der Waals surface area contributed by atoms with Crippen LogP contribution < -0.4 is 0 Å². The van der Waals surface area contributed by atoms with Crippen LogP contribution in [0, 0.1) is 0 Å². The maximum atomic E-state index is 6.61. The number of hydrogen-bond donors (Lipinski definition) is 0. The van der Waals surface area contributed by atoms with Crippen molar-refractivity contribution >= 4 is 86.0 Å². The second-order valence-corrected chi connectivity index (χ2v) is 16.5. The SMILES string of the molecule is c1ccc(-c2nc3ccc4sc5ccc6ccc(-c7nc(-c8ccc9c%10ccccc%10n(-c%10ccccc%10)c9c8)nc(-c8cccc9ccccc89)n7)cc6c5c4c3o2)cc1. The first-order valence-electron chi connectivity index (χ1n) is 20.3. The molecule has 0 saturated carbocycles. The van der Waals surface area contributed by atoms with Crippen LogP contribution in [0.2, 0.25) is 0 Å². The normalized spacial score (nSPS) is 11.9. The number of aromatic nitrogens is 5. The number of thiophene rings is 1. The lowest BCUT2D eigenvalue weighted by Crippen LogP contribution is -2.01. The van der Waals surface area contributed by atoms with Crippen molar-refractivity contribution in [2.24, 2.45) is 0 Å². The lowest BCUT2D eigenvalue weighted by atomic mass is 10.0. The zero-order chi connectivity index (χ0) is 40.0. The highest BCUT2D eigenvalue weighted by Gasteiger charge is 2.20. The maximum absolute atomic E-state index is 6.61. The summed E-state index contributed by atoms with van der Waals surface area (Å²) in [5.74, 6) is 2.45. The van der Waals surface area contributed by atoms with Crippen molar-refractivity contribution in [2.75, 3.05) is 0 Å². The van der Waals surface area contributed by atoms with Crippen LogP contribution in [0.15, 0.2) is 192 Å². The molecule has 0 fully saturated rings. The average molecular weight is 798 g/mol. The van der Waals surface area contributed by atoms with Gasteiger partial charge in [-0.05, 0) is 82.2 Å². The van der Waals surface area contributed by atoms with Crippen LogP contribution in [0.4, 0.5) is 0 Å². The summed E-state index contributed by atoms with van der Waals surface area (Å²) >= 11 is 1.77. The van der Waals surface area contributed by atoms with Crippen LogP contribution in [-0.4, -0.2) is 24.5 Å². The number of oxazole rings is 1. The average Bonchev–Trinajstić information content (AvgIpc) is 4.03. The van der Waals surface area contributed by atoms with E-state index in [1.807, 2.05) is 30.3 Å². The summed E-state index contributed by atoms with van der Waals surface area (Å²) in [6, 6.07) is 65.7.